The number of rotatable bonds is 2. The van der Waals surface area contributed by atoms with Crippen molar-refractivity contribution in [2.75, 3.05) is 0 Å². The molecule has 0 bridgehead atoms. The van der Waals surface area contributed by atoms with Gasteiger partial charge >= 0.3 is 0 Å². The van der Waals surface area contributed by atoms with Crippen molar-refractivity contribution in [2.24, 2.45) is 11.8 Å². The minimum absolute atomic E-state index is 0.242. The summed E-state index contributed by atoms with van der Waals surface area (Å²) in [5.74, 6) is 2.09. The van der Waals surface area contributed by atoms with E-state index in [2.05, 4.69) is 53.7 Å². The lowest BCUT2D eigenvalue weighted by Crippen LogP contribution is -2.32. The standard InChI is InChI=1S/2C14H20O.C2H6/c1-10(2)14(3)8-4-5-11-9-12(15)6-7-13(11)14;1-10(2)14(3)8-4-5-11-6-7-12(15)9-13(11)14;1-2/h2*6-7,9-10,15H,4-5,8H2,1-3H3;1-2H3. The summed E-state index contributed by atoms with van der Waals surface area (Å²) < 4.78 is 0. The zero-order valence-corrected chi connectivity index (χ0v) is 21.8. The molecule has 0 fully saturated rings. The molecule has 2 aromatic carbocycles. The molecule has 0 heterocycles. The third-order valence-corrected chi connectivity index (χ3v) is 8.25. The molecule has 2 N–H and O–H groups in total. The van der Waals surface area contributed by atoms with Gasteiger partial charge in [-0.15, -0.1) is 0 Å². The van der Waals surface area contributed by atoms with E-state index in [-0.39, 0.29) is 5.41 Å². The molecule has 2 aliphatic rings. The highest BCUT2D eigenvalue weighted by atomic mass is 16.3. The summed E-state index contributed by atoms with van der Waals surface area (Å²) in [5.41, 5.74) is 6.12. The maximum Gasteiger partial charge on any atom is 0.115 e. The number of aromatic hydroxyl groups is 2. The van der Waals surface area contributed by atoms with E-state index in [1.165, 1.54) is 47.9 Å². The summed E-state index contributed by atoms with van der Waals surface area (Å²) >= 11 is 0. The Morgan fingerprint density at radius 2 is 1.12 bits per heavy atom. The van der Waals surface area contributed by atoms with Gasteiger partial charge in [0.1, 0.15) is 11.5 Å². The lowest BCUT2D eigenvalue weighted by Gasteiger charge is -2.39. The molecule has 178 valence electrons. The minimum Gasteiger partial charge on any atom is -0.508 e. The highest BCUT2D eigenvalue weighted by Gasteiger charge is 2.35. The molecule has 0 amide bonds. The van der Waals surface area contributed by atoms with E-state index in [1.807, 2.05) is 38.1 Å². The van der Waals surface area contributed by atoms with Crippen LogP contribution in [0.5, 0.6) is 11.5 Å². The summed E-state index contributed by atoms with van der Waals surface area (Å²) in [5, 5.41) is 19.1. The molecule has 2 heteroatoms. The third-order valence-electron chi connectivity index (χ3n) is 8.25. The summed E-state index contributed by atoms with van der Waals surface area (Å²) in [6.45, 7) is 17.8. The van der Waals surface area contributed by atoms with Crippen LogP contribution in [0.25, 0.3) is 0 Å². The minimum atomic E-state index is 0.242. The zero-order chi connectivity index (χ0) is 24.1. The quantitative estimate of drug-likeness (QED) is 0.495. The molecule has 0 radical (unpaired) electrons. The van der Waals surface area contributed by atoms with Gasteiger partial charge in [0.25, 0.3) is 0 Å². The predicted molar refractivity (Wildman–Crippen MR) is 138 cm³/mol. The first-order valence-corrected chi connectivity index (χ1v) is 12.7. The van der Waals surface area contributed by atoms with E-state index in [4.69, 9.17) is 0 Å². The SMILES string of the molecule is CC.CC(C)C1(C)CCCc2cc(O)ccc21.CC(C)C1(C)CCCc2ccc(O)cc21. The fourth-order valence-electron chi connectivity index (χ4n) is 5.42. The molecule has 2 nitrogen and oxygen atoms in total. The van der Waals surface area contributed by atoms with Gasteiger partial charge in [-0.1, -0.05) is 67.5 Å². The van der Waals surface area contributed by atoms with Crippen LogP contribution in [0.1, 0.15) is 103 Å². The molecule has 0 aromatic heterocycles. The lowest BCUT2D eigenvalue weighted by molar-refractivity contribution is 0.289. The van der Waals surface area contributed by atoms with Crippen molar-refractivity contribution >= 4 is 0 Å². The topological polar surface area (TPSA) is 40.5 Å². The maximum absolute atomic E-state index is 9.60. The molecule has 2 aliphatic carbocycles. The molecule has 0 spiro atoms. The van der Waals surface area contributed by atoms with Crippen LogP contribution in [0.4, 0.5) is 0 Å². The summed E-state index contributed by atoms with van der Waals surface area (Å²) in [6, 6.07) is 11.7. The van der Waals surface area contributed by atoms with Gasteiger partial charge in [-0.25, -0.2) is 0 Å². The van der Waals surface area contributed by atoms with Crippen LogP contribution in [0.3, 0.4) is 0 Å². The van der Waals surface area contributed by atoms with Crippen LogP contribution >= 0.6 is 0 Å². The number of hydrogen-bond acceptors (Lipinski definition) is 2. The van der Waals surface area contributed by atoms with E-state index in [0.29, 0.717) is 28.7 Å². The summed E-state index contributed by atoms with van der Waals surface area (Å²) in [7, 11) is 0. The van der Waals surface area contributed by atoms with Crippen LogP contribution in [-0.4, -0.2) is 10.2 Å². The highest BCUT2D eigenvalue weighted by Crippen LogP contribution is 2.44. The predicted octanol–water partition coefficient (Wildman–Crippen LogP) is 8.31. The molecule has 4 rings (SSSR count). The van der Waals surface area contributed by atoms with Gasteiger partial charge in [0.2, 0.25) is 0 Å². The second-order valence-corrected chi connectivity index (χ2v) is 10.5. The fraction of sp³-hybridized carbons (Fsp3) is 0.600. The number of phenols is 2. The van der Waals surface area contributed by atoms with Crippen LogP contribution in [0.15, 0.2) is 36.4 Å². The smallest absolute Gasteiger partial charge is 0.115 e. The second kappa shape index (κ2) is 10.8. The molecule has 32 heavy (non-hydrogen) atoms. The van der Waals surface area contributed by atoms with E-state index < -0.39 is 0 Å². The number of hydrogen-bond donors (Lipinski definition) is 2. The van der Waals surface area contributed by atoms with Crippen LogP contribution in [-0.2, 0) is 23.7 Å². The van der Waals surface area contributed by atoms with Gasteiger partial charge in [0.15, 0.2) is 0 Å². The number of fused-ring (bicyclic) bond motifs is 2. The van der Waals surface area contributed by atoms with Crippen LogP contribution < -0.4 is 0 Å². The maximum atomic E-state index is 9.60. The Labute approximate surface area is 197 Å². The van der Waals surface area contributed by atoms with Gasteiger partial charge in [0, 0.05) is 0 Å². The van der Waals surface area contributed by atoms with Gasteiger partial charge in [-0.3, -0.25) is 0 Å². The summed E-state index contributed by atoms with van der Waals surface area (Å²) in [6.07, 6.45) is 7.30. The van der Waals surface area contributed by atoms with Crippen molar-refractivity contribution in [3.05, 3.63) is 58.7 Å². The van der Waals surface area contributed by atoms with Crippen molar-refractivity contribution < 1.29 is 10.2 Å². The van der Waals surface area contributed by atoms with Crippen LogP contribution in [0, 0.1) is 11.8 Å². The number of aryl methyl sites for hydroxylation is 2. The Morgan fingerprint density at radius 3 is 1.69 bits per heavy atom. The Morgan fingerprint density at radius 1 is 0.656 bits per heavy atom. The molecule has 2 unspecified atom stereocenters. The number of benzene rings is 2. The third kappa shape index (κ3) is 5.33. The average molecular weight is 439 g/mol. The summed E-state index contributed by atoms with van der Waals surface area (Å²) in [4.78, 5) is 0. The van der Waals surface area contributed by atoms with Crippen molar-refractivity contribution in [3.8, 4) is 11.5 Å². The molecule has 0 saturated heterocycles. The van der Waals surface area contributed by atoms with Gasteiger partial charge in [-0.2, -0.15) is 0 Å². The van der Waals surface area contributed by atoms with E-state index >= 15 is 0 Å². The monoisotopic (exact) mass is 438 g/mol. The van der Waals surface area contributed by atoms with Gasteiger partial charge < -0.3 is 10.2 Å². The largest absolute Gasteiger partial charge is 0.508 e. The van der Waals surface area contributed by atoms with Crippen molar-refractivity contribution in [3.63, 3.8) is 0 Å². The molecular formula is C30H46O2. The Kier molecular flexibility index (Phi) is 8.85. The highest BCUT2D eigenvalue weighted by molar-refractivity contribution is 5.42. The normalized spacial score (nSPS) is 23.9. The number of phenolic OH excluding ortho intramolecular Hbond substituents is 2. The van der Waals surface area contributed by atoms with Gasteiger partial charge in [-0.05, 0) is 108 Å². The van der Waals surface area contributed by atoms with Crippen molar-refractivity contribution in [1.29, 1.82) is 0 Å². The second-order valence-electron chi connectivity index (χ2n) is 10.5. The Bertz CT molecular complexity index is 882. The Balaban J connectivity index is 0.000000211. The first-order chi connectivity index (χ1) is 15.1. The first kappa shape index (κ1) is 26.3. The molecule has 0 aliphatic heterocycles. The van der Waals surface area contributed by atoms with Gasteiger partial charge in [0.05, 0.1) is 0 Å². The van der Waals surface area contributed by atoms with E-state index in [0.717, 1.165) is 12.8 Å². The Hall–Kier alpha value is -1.96. The average Bonchev–Trinajstić information content (AvgIpc) is 2.76. The van der Waals surface area contributed by atoms with Crippen molar-refractivity contribution in [1.82, 2.24) is 0 Å². The molecule has 0 saturated carbocycles. The first-order valence-electron chi connectivity index (χ1n) is 12.7. The molecule has 2 aromatic rings. The zero-order valence-electron chi connectivity index (χ0n) is 21.8. The van der Waals surface area contributed by atoms with Crippen LogP contribution in [0.2, 0.25) is 0 Å². The molecular weight excluding hydrogens is 392 g/mol. The van der Waals surface area contributed by atoms with E-state index in [1.54, 1.807) is 0 Å². The van der Waals surface area contributed by atoms with Crippen molar-refractivity contribution in [2.45, 2.75) is 105 Å². The van der Waals surface area contributed by atoms with E-state index in [9.17, 15) is 10.2 Å². The fourth-order valence-corrected chi connectivity index (χ4v) is 5.42. The lowest BCUT2D eigenvalue weighted by atomic mass is 9.65. The molecule has 2 atom stereocenters.